The molecule has 25 heavy (non-hydrogen) atoms. The van der Waals surface area contributed by atoms with Crippen molar-refractivity contribution in [2.75, 3.05) is 0 Å². The quantitative estimate of drug-likeness (QED) is 0.349. The Morgan fingerprint density at radius 3 is 2.12 bits per heavy atom. The summed E-state index contributed by atoms with van der Waals surface area (Å²) in [6.45, 7) is 19.7. The summed E-state index contributed by atoms with van der Waals surface area (Å²) in [7, 11) is 0. The monoisotopic (exact) mass is 346 g/mol. The second kappa shape index (κ2) is 8.18. The SMILES string of the molecule is CCC1CC(C)(C(C)C(C)C2(C)C=C(CCCC(C)C(C)CC)C2)C1. The van der Waals surface area contributed by atoms with Gasteiger partial charge in [0.2, 0.25) is 0 Å². The maximum Gasteiger partial charge on any atom is -0.00784 e. The van der Waals surface area contributed by atoms with Crippen molar-refractivity contribution in [2.45, 2.75) is 107 Å². The third-order valence-electron chi connectivity index (χ3n) is 8.89. The van der Waals surface area contributed by atoms with Gasteiger partial charge in [-0.3, -0.25) is 0 Å². The topological polar surface area (TPSA) is 0 Å². The van der Waals surface area contributed by atoms with E-state index < -0.39 is 0 Å². The summed E-state index contributed by atoms with van der Waals surface area (Å²) in [5.74, 6) is 4.45. The average Bonchev–Trinajstić information content (AvgIpc) is 2.54. The molecule has 2 rings (SSSR count). The lowest BCUT2D eigenvalue weighted by Gasteiger charge is -2.55. The highest BCUT2D eigenvalue weighted by molar-refractivity contribution is 5.24. The molecule has 2 aliphatic rings. The lowest BCUT2D eigenvalue weighted by molar-refractivity contribution is -0.0333. The Bertz CT molecular complexity index is 453. The molecule has 0 aromatic rings. The molecule has 0 heterocycles. The third kappa shape index (κ3) is 4.54. The fraction of sp³-hybridized carbons (Fsp3) is 0.920. The first kappa shape index (κ1) is 21.0. The highest BCUT2D eigenvalue weighted by Crippen LogP contribution is 2.58. The molecule has 5 atom stereocenters. The normalized spacial score (nSPS) is 36.6. The van der Waals surface area contributed by atoms with E-state index >= 15 is 0 Å². The first-order valence-corrected chi connectivity index (χ1v) is 11.4. The fourth-order valence-corrected chi connectivity index (χ4v) is 5.81. The Kier molecular flexibility index (Phi) is 6.89. The molecule has 0 aromatic carbocycles. The van der Waals surface area contributed by atoms with Gasteiger partial charge < -0.3 is 0 Å². The van der Waals surface area contributed by atoms with Crippen LogP contribution in [0.3, 0.4) is 0 Å². The van der Waals surface area contributed by atoms with Crippen molar-refractivity contribution in [3.63, 3.8) is 0 Å². The Balaban J connectivity index is 1.80. The highest BCUT2D eigenvalue weighted by Gasteiger charge is 2.49. The first-order valence-electron chi connectivity index (χ1n) is 11.4. The Morgan fingerprint density at radius 1 is 1.00 bits per heavy atom. The number of rotatable bonds is 10. The van der Waals surface area contributed by atoms with Gasteiger partial charge >= 0.3 is 0 Å². The zero-order valence-corrected chi connectivity index (χ0v) is 18.6. The highest BCUT2D eigenvalue weighted by atomic mass is 14.5. The molecule has 2 aliphatic carbocycles. The minimum atomic E-state index is 0.470. The molecular formula is C25H46. The van der Waals surface area contributed by atoms with E-state index in [-0.39, 0.29) is 0 Å². The van der Waals surface area contributed by atoms with Gasteiger partial charge in [-0.2, -0.15) is 0 Å². The largest absolute Gasteiger partial charge is 0.0788 e. The van der Waals surface area contributed by atoms with Crippen LogP contribution in [-0.2, 0) is 0 Å². The second-order valence-electron chi connectivity index (χ2n) is 10.7. The van der Waals surface area contributed by atoms with E-state index in [0.29, 0.717) is 10.8 Å². The molecule has 0 spiro atoms. The molecule has 1 saturated carbocycles. The van der Waals surface area contributed by atoms with Crippen molar-refractivity contribution >= 4 is 0 Å². The Morgan fingerprint density at radius 2 is 1.60 bits per heavy atom. The molecular weight excluding hydrogens is 300 g/mol. The van der Waals surface area contributed by atoms with Crippen LogP contribution in [0, 0.1) is 40.4 Å². The summed E-state index contributed by atoms with van der Waals surface area (Å²) < 4.78 is 0. The maximum absolute atomic E-state index is 2.67. The van der Waals surface area contributed by atoms with Crippen LogP contribution >= 0.6 is 0 Å². The van der Waals surface area contributed by atoms with E-state index in [2.05, 4.69) is 61.5 Å². The van der Waals surface area contributed by atoms with Gasteiger partial charge in [0, 0.05) is 0 Å². The van der Waals surface area contributed by atoms with Crippen molar-refractivity contribution in [1.82, 2.24) is 0 Å². The zero-order valence-electron chi connectivity index (χ0n) is 18.6. The molecule has 0 saturated heterocycles. The van der Waals surface area contributed by atoms with Crippen molar-refractivity contribution in [1.29, 1.82) is 0 Å². The molecule has 0 radical (unpaired) electrons. The predicted octanol–water partition coefficient (Wildman–Crippen LogP) is 8.27. The van der Waals surface area contributed by atoms with Gasteiger partial charge in [-0.15, -0.1) is 0 Å². The van der Waals surface area contributed by atoms with Crippen LogP contribution in [0.15, 0.2) is 11.6 Å². The molecule has 0 N–H and O–H groups in total. The minimum Gasteiger partial charge on any atom is -0.0788 e. The van der Waals surface area contributed by atoms with Crippen molar-refractivity contribution in [2.24, 2.45) is 40.4 Å². The van der Waals surface area contributed by atoms with Crippen LogP contribution < -0.4 is 0 Å². The molecule has 0 aromatic heterocycles. The zero-order chi connectivity index (χ0) is 18.8. The average molecular weight is 347 g/mol. The van der Waals surface area contributed by atoms with Gasteiger partial charge in [-0.1, -0.05) is 86.3 Å². The van der Waals surface area contributed by atoms with E-state index in [0.717, 1.165) is 29.6 Å². The summed E-state index contributed by atoms with van der Waals surface area (Å²) >= 11 is 0. The van der Waals surface area contributed by atoms with E-state index in [1.807, 2.05) is 0 Å². The van der Waals surface area contributed by atoms with Gasteiger partial charge in [-0.25, -0.2) is 0 Å². The minimum absolute atomic E-state index is 0.470. The molecule has 146 valence electrons. The maximum atomic E-state index is 2.67. The summed E-state index contributed by atoms with van der Waals surface area (Å²) in [6.07, 6.45) is 13.8. The lowest BCUT2D eigenvalue weighted by Crippen LogP contribution is -2.46. The van der Waals surface area contributed by atoms with Crippen molar-refractivity contribution in [3.8, 4) is 0 Å². The van der Waals surface area contributed by atoms with Gasteiger partial charge in [0.25, 0.3) is 0 Å². The standard InChI is InChI=1S/C25H46/c1-9-18(3)19(4)12-11-13-23-16-25(8,17-23)21(6)20(5)24(7)14-22(10-2)15-24/h16,18-22H,9-15,17H2,1-8H3. The summed E-state index contributed by atoms with van der Waals surface area (Å²) in [5.41, 5.74) is 2.83. The fourth-order valence-electron chi connectivity index (χ4n) is 5.81. The van der Waals surface area contributed by atoms with Gasteiger partial charge in [0.1, 0.15) is 0 Å². The van der Waals surface area contributed by atoms with Gasteiger partial charge in [-0.05, 0) is 72.5 Å². The second-order valence-corrected chi connectivity index (χ2v) is 10.7. The van der Waals surface area contributed by atoms with E-state index in [9.17, 15) is 0 Å². The van der Waals surface area contributed by atoms with Crippen molar-refractivity contribution < 1.29 is 0 Å². The van der Waals surface area contributed by atoms with Crippen LogP contribution in [-0.4, -0.2) is 0 Å². The first-order chi connectivity index (χ1) is 11.6. The third-order valence-corrected chi connectivity index (χ3v) is 8.89. The van der Waals surface area contributed by atoms with Gasteiger partial charge in [0.15, 0.2) is 0 Å². The molecule has 0 nitrogen and oxygen atoms in total. The molecule has 0 amide bonds. The lowest BCUT2D eigenvalue weighted by atomic mass is 9.50. The number of hydrogen-bond acceptors (Lipinski definition) is 0. The predicted molar refractivity (Wildman–Crippen MR) is 113 cm³/mol. The number of allylic oxidation sites excluding steroid dienone is 2. The van der Waals surface area contributed by atoms with Crippen LogP contribution in [0.5, 0.6) is 0 Å². The Labute approximate surface area is 159 Å². The molecule has 0 heteroatoms. The molecule has 0 bridgehead atoms. The van der Waals surface area contributed by atoms with Crippen LogP contribution in [0.25, 0.3) is 0 Å². The van der Waals surface area contributed by atoms with E-state index in [1.165, 1.54) is 51.4 Å². The summed E-state index contributed by atoms with van der Waals surface area (Å²) in [5, 5.41) is 0. The van der Waals surface area contributed by atoms with Crippen LogP contribution in [0.4, 0.5) is 0 Å². The van der Waals surface area contributed by atoms with E-state index in [4.69, 9.17) is 0 Å². The summed E-state index contributed by atoms with van der Waals surface area (Å²) in [4.78, 5) is 0. The van der Waals surface area contributed by atoms with Crippen LogP contribution in [0.1, 0.15) is 107 Å². The Hall–Kier alpha value is -0.260. The van der Waals surface area contributed by atoms with Crippen LogP contribution in [0.2, 0.25) is 0 Å². The summed E-state index contributed by atoms with van der Waals surface area (Å²) in [6, 6.07) is 0. The smallest absolute Gasteiger partial charge is 0.00784 e. The molecule has 1 fully saturated rings. The van der Waals surface area contributed by atoms with Crippen molar-refractivity contribution in [3.05, 3.63) is 11.6 Å². The molecule has 0 aliphatic heterocycles. The molecule has 5 unspecified atom stereocenters. The van der Waals surface area contributed by atoms with Gasteiger partial charge in [0.05, 0.1) is 0 Å². The number of hydrogen-bond donors (Lipinski definition) is 0. The van der Waals surface area contributed by atoms with E-state index in [1.54, 1.807) is 5.57 Å².